The Morgan fingerprint density at radius 2 is 2.10 bits per heavy atom. The zero-order valence-electron chi connectivity index (χ0n) is 12.9. The molecule has 0 bridgehead atoms. The Balaban J connectivity index is 1.64. The summed E-state index contributed by atoms with van der Waals surface area (Å²) in [5.41, 5.74) is 1.24. The summed E-state index contributed by atoms with van der Waals surface area (Å²) in [5, 5.41) is 6.35. The zero-order chi connectivity index (χ0) is 14.9. The lowest BCUT2D eigenvalue weighted by atomic mass is 10.2. The van der Waals surface area contributed by atoms with Crippen LogP contribution < -0.4 is 15.4 Å². The van der Waals surface area contributed by atoms with Gasteiger partial charge in [-0.1, -0.05) is 31.9 Å². The van der Waals surface area contributed by atoms with Crippen LogP contribution >= 0.6 is 0 Å². The molecule has 1 aromatic carbocycles. The van der Waals surface area contributed by atoms with E-state index < -0.39 is 0 Å². The number of ether oxygens (including phenoxy) is 1. The van der Waals surface area contributed by atoms with Crippen molar-refractivity contribution in [1.29, 1.82) is 0 Å². The van der Waals surface area contributed by atoms with E-state index >= 15 is 0 Å². The fourth-order valence-electron chi connectivity index (χ4n) is 2.47. The maximum atomic E-state index is 11.1. The maximum absolute atomic E-state index is 11.1. The van der Waals surface area contributed by atoms with E-state index in [2.05, 4.69) is 29.7 Å². The van der Waals surface area contributed by atoms with Gasteiger partial charge in [0.1, 0.15) is 5.75 Å². The highest BCUT2D eigenvalue weighted by Crippen LogP contribution is 2.13. The minimum atomic E-state index is 0.173. The third kappa shape index (κ3) is 5.76. The number of benzene rings is 1. The third-order valence-corrected chi connectivity index (χ3v) is 3.74. The van der Waals surface area contributed by atoms with Crippen molar-refractivity contribution in [2.24, 2.45) is 0 Å². The highest BCUT2D eigenvalue weighted by Gasteiger charge is 2.19. The Kier molecular flexibility index (Phi) is 6.54. The summed E-state index contributed by atoms with van der Waals surface area (Å²) in [6.45, 7) is 4.65. The molecule has 0 spiro atoms. The molecular weight excluding hydrogens is 264 g/mol. The monoisotopic (exact) mass is 290 g/mol. The third-order valence-electron chi connectivity index (χ3n) is 3.74. The highest BCUT2D eigenvalue weighted by molar-refractivity contribution is 5.78. The van der Waals surface area contributed by atoms with E-state index in [1.54, 1.807) is 0 Å². The van der Waals surface area contributed by atoms with E-state index in [-0.39, 0.29) is 5.91 Å². The second kappa shape index (κ2) is 8.67. The summed E-state index contributed by atoms with van der Waals surface area (Å²) in [5.74, 6) is 1.12. The van der Waals surface area contributed by atoms with Gasteiger partial charge >= 0.3 is 0 Å². The summed E-state index contributed by atoms with van der Waals surface area (Å²) in [4.78, 5) is 11.1. The van der Waals surface area contributed by atoms with Crippen LogP contribution in [0.5, 0.6) is 5.75 Å². The van der Waals surface area contributed by atoms with Crippen molar-refractivity contribution in [2.75, 3.05) is 13.2 Å². The predicted molar refractivity (Wildman–Crippen MR) is 84.3 cm³/mol. The molecule has 1 amide bonds. The van der Waals surface area contributed by atoms with Crippen molar-refractivity contribution >= 4 is 5.91 Å². The standard InChI is InChI=1S/C17H26N2O2/c1-2-3-4-11-21-16-8-5-14(6-9-16)12-18-13-15-7-10-17(20)19-15/h5-6,8-9,15,18H,2-4,7,10-13H2,1H3,(H,19,20). The molecule has 0 aliphatic carbocycles. The van der Waals surface area contributed by atoms with Crippen molar-refractivity contribution in [2.45, 2.75) is 51.6 Å². The van der Waals surface area contributed by atoms with Crippen molar-refractivity contribution in [3.8, 4) is 5.75 Å². The number of nitrogens with one attached hydrogen (secondary N) is 2. The first-order valence-electron chi connectivity index (χ1n) is 7.99. The molecule has 2 N–H and O–H groups in total. The molecule has 21 heavy (non-hydrogen) atoms. The Morgan fingerprint density at radius 3 is 2.76 bits per heavy atom. The molecule has 1 atom stereocenters. The SMILES string of the molecule is CCCCCOc1ccc(CNCC2CCC(=O)N2)cc1. The molecule has 2 rings (SSSR count). The van der Waals surface area contributed by atoms with Crippen LogP contribution in [-0.4, -0.2) is 25.1 Å². The van der Waals surface area contributed by atoms with Crippen LogP contribution in [0.25, 0.3) is 0 Å². The molecule has 1 unspecified atom stereocenters. The highest BCUT2D eigenvalue weighted by atomic mass is 16.5. The Hall–Kier alpha value is -1.55. The molecule has 1 fully saturated rings. The first kappa shape index (κ1) is 15.8. The van der Waals surface area contributed by atoms with Crippen LogP contribution in [0.4, 0.5) is 0 Å². The first-order chi connectivity index (χ1) is 10.3. The molecule has 1 heterocycles. The number of unbranched alkanes of at least 4 members (excludes halogenated alkanes) is 2. The van der Waals surface area contributed by atoms with Crippen LogP contribution in [0.2, 0.25) is 0 Å². The summed E-state index contributed by atoms with van der Waals surface area (Å²) < 4.78 is 5.69. The topological polar surface area (TPSA) is 50.4 Å². The van der Waals surface area contributed by atoms with Crippen LogP contribution in [0.15, 0.2) is 24.3 Å². The lowest BCUT2D eigenvalue weighted by Crippen LogP contribution is -2.35. The van der Waals surface area contributed by atoms with Gasteiger partial charge in [-0.3, -0.25) is 4.79 Å². The van der Waals surface area contributed by atoms with Crippen molar-refractivity contribution in [1.82, 2.24) is 10.6 Å². The van der Waals surface area contributed by atoms with Gasteiger partial charge in [-0.15, -0.1) is 0 Å². The minimum absolute atomic E-state index is 0.173. The van der Waals surface area contributed by atoms with Crippen molar-refractivity contribution in [3.63, 3.8) is 0 Å². The second-order valence-corrected chi connectivity index (χ2v) is 5.63. The minimum Gasteiger partial charge on any atom is -0.494 e. The fourth-order valence-corrected chi connectivity index (χ4v) is 2.47. The van der Waals surface area contributed by atoms with E-state index in [1.165, 1.54) is 18.4 Å². The van der Waals surface area contributed by atoms with Crippen LogP contribution in [0, 0.1) is 0 Å². The average Bonchev–Trinajstić information content (AvgIpc) is 2.91. The van der Waals surface area contributed by atoms with Gasteiger partial charge in [-0.2, -0.15) is 0 Å². The van der Waals surface area contributed by atoms with Crippen LogP contribution in [-0.2, 0) is 11.3 Å². The smallest absolute Gasteiger partial charge is 0.220 e. The van der Waals surface area contributed by atoms with E-state index in [0.29, 0.717) is 12.5 Å². The maximum Gasteiger partial charge on any atom is 0.220 e. The molecule has 4 nitrogen and oxygen atoms in total. The summed E-state index contributed by atoms with van der Waals surface area (Å²) in [7, 11) is 0. The number of rotatable bonds is 9. The Morgan fingerprint density at radius 1 is 1.29 bits per heavy atom. The van der Waals surface area contributed by atoms with Crippen molar-refractivity contribution < 1.29 is 9.53 Å². The van der Waals surface area contributed by atoms with E-state index in [9.17, 15) is 4.79 Å². The van der Waals surface area contributed by atoms with Gasteiger partial charge in [0.05, 0.1) is 6.61 Å². The van der Waals surface area contributed by atoms with Gasteiger partial charge in [0, 0.05) is 25.6 Å². The quantitative estimate of drug-likeness (QED) is 0.687. The van der Waals surface area contributed by atoms with Crippen LogP contribution in [0.1, 0.15) is 44.6 Å². The molecule has 1 aliphatic heterocycles. The molecule has 1 aliphatic rings. The fraction of sp³-hybridized carbons (Fsp3) is 0.588. The van der Waals surface area contributed by atoms with Crippen molar-refractivity contribution in [3.05, 3.63) is 29.8 Å². The lowest BCUT2D eigenvalue weighted by molar-refractivity contribution is -0.119. The molecule has 0 aromatic heterocycles. The second-order valence-electron chi connectivity index (χ2n) is 5.63. The number of carbonyl (C=O) groups is 1. The Labute approximate surface area is 127 Å². The lowest BCUT2D eigenvalue weighted by Gasteiger charge is -2.11. The number of hydrogen-bond acceptors (Lipinski definition) is 3. The molecule has 0 saturated carbocycles. The molecule has 1 saturated heterocycles. The summed E-state index contributed by atoms with van der Waals surface area (Å²) >= 11 is 0. The van der Waals surface area contributed by atoms with Gasteiger partial charge < -0.3 is 15.4 Å². The summed E-state index contributed by atoms with van der Waals surface area (Å²) in [6, 6.07) is 8.53. The zero-order valence-corrected chi connectivity index (χ0v) is 12.9. The van der Waals surface area contributed by atoms with E-state index in [1.807, 2.05) is 12.1 Å². The molecule has 0 radical (unpaired) electrons. The largest absolute Gasteiger partial charge is 0.494 e. The number of carbonyl (C=O) groups excluding carboxylic acids is 1. The van der Waals surface area contributed by atoms with Gasteiger partial charge in [-0.25, -0.2) is 0 Å². The normalized spacial score (nSPS) is 17.8. The van der Waals surface area contributed by atoms with Gasteiger partial charge in [0.2, 0.25) is 5.91 Å². The molecular formula is C17H26N2O2. The number of hydrogen-bond donors (Lipinski definition) is 2. The van der Waals surface area contributed by atoms with E-state index in [0.717, 1.165) is 38.3 Å². The first-order valence-corrected chi connectivity index (χ1v) is 7.99. The van der Waals surface area contributed by atoms with E-state index in [4.69, 9.17) is 4.74 Å². The molecule has 4 heteroatoms. The van der Waals surface area contributed by atoms with Gasteiger partial charge in [-0.05, 0) is 30.5 Å². The van der Waals surface area contributed by atoms with Gasteiger partial charge in [0.15, 0.2) is 0 Å². The summed E-state index contributed by atoms with van der Waals surface area (Å²) in [6.07, 6.45) is 5.16. The van der Waals surface area contributed by atoms with Crippen LogP contribution in [0.3, 0.4) is 0 Å². The predicted octanol–water partition coefficient (Wildman–Crippen LogP) is 2.62. The Bertz CT molecular complexity index is 431. The average molecular weight is 290 g/mol. The number of amides is 1. The molecule has 1 aromatic rings. The van der Waals surface area contributed by atoms with Gasteiger partial charge in [0.25, 0.3) is 0 Å². The molecule has 116 valence electrons.